The SMILES string of the molecule is CC1CC(Nc2ccc(O)c(F)c2)CCO1. The number of anilines is 1. The number of hydrogen-bond donors (Lipinski definition) is 2. The molecule has 2 rings (SSSR count). The number of nitrogens with one attached hydrogen (secondary N) is 1. The van der Waals surface area contributed by atoms with Crippen LogP contribution in [0.25, 0.3) is 0 Å². The van der Waals surface area contributed by atoms with Crippen molar-refractivity contribution in [2.75, 3.05) is 11.9 Å². The van der Waals surface area contributed by atoms with Gasteiger partial charge in [0.25, 0.3) is 0 Å². The molecule has 0 amide bonds. The molecule has 0 spiro atoms. The van der Waals surface area contributed by atoms with Crippen LogP contribution in [0.4, 0.5) is 10.1 Å². The molecular formula is C12H16FNO2. The molecule has 1 aliphatic heterocycles. The Morgan fingerprint density at radius 2 is 2.31 bits per heavy atom. The lowest BCUT2D eigenvalue weighted by atomic mass is 10.0. The van der Waals surface area contributed by atoms with Gasteiger partial charge in [0.1, 0.15) is 0 Å². The zero-order valence-corrected chi connectivity index (χ0v) is 9.24. The normalized spacial score (nSPS) is 25.4. The third-order valence-electron chi connectivity index (χ3n) is 2.80. The van der Waals surface area contributed by atoms with Crippen LogP contribution in [0, 0.1) is 5.82 Å². The minimum absolute atomic E-state index is 0.244. The topological polar surface area (TPSA) is 41.5 Å². The lowest BCUT2D eigenvalue weighted by Crippen LogP contribution is -2.32. The molecule has 1 aromatic carbocycles. The van der Waals surface area contributed by atoms with Gasteiger partial charge < -0.3 is 15.2 Å². The Labute approximate surface area is 94.2 Å². The van der Waals surface area contributed by atoms with Crippen LogP contribution in [0.15, 0.2) is 18.2 Å². The number of hydrogen-bond acceptors (Lipinski definition) is 3. The summed E-state index contributed by atoms with van der Waals surface area (Å²) >= 11 is 0. The summed E-state index contributed by atoms with van der Waals surface area (Å²) in [5, 5.41) is 12.3. The second kappa shape index (κ2) is 4.70. The minimum Gasteiger partial charge on any atom is -0.505 e. The third-order valence-corrected chi connectivity index (χ3v) is 2.80. The van der Waals surface area contributed by atoms with Crippen molar-refractivity contribution in [2.45, 2.75) is 31.9 Å². The van der Waals surface area contributed by atoms with E-state index in [0.29, 0.717) is 11.7 Å². The van der Waals surface area contributed by atoms with E-state index in [9.17, 15) is 4.39 Å². The maximum absolute atomic E-state index is 13.1. The van der Waals surface area contributed by atoms with E-state index in [0.717, 1.165) is 19.4 Å². The van der Waals surface area contributed by atoms with E-state index in [4.69, 9.17) is 9.84 Å². The molecule has 3 nitrogen and oxygen atoms in total. The van der Waals surface area contributed by atoms with Crippen molar-refractivity contribution in [1.29, 1.82) is 0 Å². The van der Waals surface area contributed by atoms with Gasteiger partial charge in [0.2, 0.25) is 0 Å². The molecule has 1 fully saturated rings. The molecule has 2 N–H and O–H groups in total. The first-order valence-corrected chi connectivity index (χ1v) is 5.52. The first-order valence-electron chi connectivity index (χ1n) is 5.52. The zero-order chi connectivity index (χ0) is 11.5. The first-order chi connectivity index (χ1) is 7.65. The summed E-state index contributed by atoms with van der Waals surface area (Å²) in [4.78, 5) is 0. The van der Waals surface area contributed by atoms with Crippen LogP contribution >= 0.6 is 0 Å². The van der Waals surface area contributed by atoms with Crippen molar-refractivity contribution in [2.24, 2.45) is 0 Å². The van der Waals surface area contributed by atoms with Gasteiger partial charge in [-0.05, 0) is 31.9 Å². The lowest BCUT2D eigenvalue weighted by Gasteiger charge is -2.28. The van der Waals surface area contributed by atoms with Crippen LogP contribution < -0.4 is 5.32 Å². The highest BCUT2D eigenvalue weighted by molar-refractivity contribution is 5.47. The predicted octanol–water partition coefficient (Wildman–Crippen LogP) is 2.51. The average Bonchev–Trinajstić information content (AvgIpc) is 2.24. The van der Waals surface area contributed by atoms with E-state index in [1.165, 1.54) is 12.1 Å². The number of rotatable bonds is 2. The fourth-order valence-corrected chi connectivity index (χ4v) is 1.96. The Hall–Kier alpha value is -1.29. The molecule has 88 valence electrons. The summed E-state index contributed by atoms with van der Waals surface area (Å²) in [6.07, 6.45) is 2.09. The maximum Gasteiger partial charge on any atom is 0.166 e. The largest absolute Gasteiger partial charge is 0.505 e. The van der Waals surface area contributed by atoms with Gasteiger partial charge in [0.15, 0.2) is 11.6 Å². The predicted molar refractivity (Wildman–Crippen MR) is 60.1 cm³/mol. The van der Waals surface area contributed by atoms with E-state index in [1.54, 1.807) is 6.07 Å². The molecular weight excluding hydrogens is 209 g/mol. The highest BCUT2D eigenvalue weighted by Crippen LogP contribution is 2.22. The molecule has 16 heavy (non-hydrogen) atoms. The van der Waals surface area contributed by atoms with Gasteiger partial charge in [0.05, 0.1) is 6.10 Å². The number of phenols is 1. The molecule has 0 bridgehead atoms. The number of aromatic hydroxyl groups is 1. The second-order valence-corrected chi connectivity index (χ2v) is 4.21. The minimum atomic E-state index is -0.592. The number of phenolic OH excluding ortho intramolecular Hbond substituents is 1. The van der Waals surface area contributed by atoms with Crippen LogP contribution in [-0.2, 0) is 4.74 Å². The molecule has 0 aliphatic carbocycles. The van der Waals surface area contributed by atoms with Gasteiger partial charge in [0, 0.05) is 24.4 Å². The van der Waals surface area contributed by atoms with Crippen LogP contribution in [0.3, 0.4) is 0 Å². The third kappa shape index (κ3) is 2.64. The molecule has 1 aliphatic rings. The smallest absolute Gasteiger partial charge is 0.166 e. The number of benzene rings is 1. The number of halogens is 1. The Balaban J connectivity index is 2.00. The van der Waals surface area contributed by atoms with Gasteiger partial charge in [-0.3, -0.25) is 0 Å². The Morgan fingerprint density at radius 3 is 3.00 bits per heavy atom. The Morgan fingerprint density at radius 1 is 1.50 bits per heavy atom. The van der Waals surface area contributed by atoms with E-state index in [-0.39, 0.29) is 11.9 Å². The summed E-state index contributed by atoms with van der Waals surface area (Å²) in [5.74, 6) is -0.906. The summed E-state index contributed by atoms with van der Waals surface area (Å²) in [7, 11) is 0. The van der Waals surface area contributed by atoms with Crippen molar-refractivity contribution >= 4 is 5.69 Å². The second-order valence-electron chi connectivity index (χ2n) is 4.21. The molecule has 1 aromatic rings. The van der Waals surface area contributed by atoms with Crippen molar-refractivity contribution in [3.8, 4) is 5.75 Å². The summed E-state index contributed by atoms with van der Waals surface area (Å²) < 4.78 is 18.5. The molecule has 2 unspecified atom stereocenters. The fourth-order valence-electron chi connectivity index (χ4n) is 1.96. The van der Waals surface area contributed by atoms with E-state index < -0.39 is 5.82 Å². The van der Waals surface area contributed by atoms with E-state index >= 15 is 0 Å². The van der Waals surface area contributed by atoms with Crippen LogP contribution in [0.1, 0.15) is 19.8 Å². The molecule has 4 heteroatoms. The lowest BCUT2D eigenvalue weighted by molar-refractivity contribution is 0.0232. The highest BCUT2D eigenvalue weighted by atomic mass is 19.1. The van der Waals surface area contributed by atoms with Gasteiger partial charge in [-0.25, -0.2) is 4.39 Å². The zero-order valence-electron chi connectivity index (χ0n) is 9.24. The molecule has 0 aromatic heterocycles. The molecule has 0 radical (unpaired) electrons. The summed E-state index contributed by atoms with van der Waals surface area (Å²) in [6.45, 7) is 2.77. The fraction of sp³-hybridized carbons (Fsp3) is 0.500. The maximum atomic E-state index is 13.1. The van der Waals surface area contributed by atoms with Crippen LogP contribution in [0.2, 0.25) is 0 Å². The van der Waals surface area contributed by atoms with E-state index in [2.05, 4.69) is 5.32 Å². The van der Waals surface area contributed by atoms with Gasteiger partial charge in [-0.2, -0.15) is 0 Å². The number of ether oxygens (including phenoxy) is 1. The van der Waals surface area contributed by atoms with Gasteiger partial charge in [-0.1, -0.05) is 0 Å². The van der Waals surface area contributed by atoms with E-state index in [1.807, 2.05) is 6.92 Å². The Bertz CT molecular complexity index is 370. The molecule has 1 heterocycles. The monoisotopic (exact) mass is 225 g/mol. The standard InChI is InChI=1S/C12H16FNO2/c1-8-6-10(4-5-16-8)14-9-2-3-12(15)11(13)7-9/h2-3,7-8,10,14-15H,4-6H2,1H3. The van der Waals surface area contributed by atoms with Gasteiger partial charge in [-0.15, -0.1) is 0 Å². The summed E-state index contributed by atoms with van der Waals surface area (Å²) in [5.41, 5.74) is 0.703. The van der Waals surface area contributed by atoms with Crippen molar-refractivity contribution in [1.82, 2.24) is 0 Å². The van der Waals surface area contributed by atoms with Crippen LogP contribution in [-0.4, -0.2) is 23.9 Å². The highest BCUT2D eigenvalue weighted by Gasteiger charge is 2.19. The Kier molecular flexibility index (Phi) is 3.29. The molecule has 1 saturated heterocycles. The van der Waals surface area contributed by atoms with Crippen molar-refractivity contribution in [3.63, 3.8) is 0 Å². The van der Waals surface area contributed by atoms with Crippen LogP contribution in [0.5, 0.6) is 5.75 Å². The summed E-state index contributed by atoms with van der Waals surface area (Å²) in [6, 6.07) is 4.67. The molecule has 2 atom stereocenters. The molecule has 0 saturated carbocycles. The van der Waals surface area contributed by atoms with Crippen molar-refractivity contribution < 1.29 is 14.2 Å². The quantitative estimate of drug-likeness (QED) is 0.760. The first kappa shape index (κ1) is 11.2. The van der Waals surface area contributed by atoms with Gasteiger partial charge >= 0.3 is 0 Å². The average molecular weight is 225 g/mol. The van der Waals surface area contributed by atoms with Crippen molar-refractivity contribution in [3.05, 3.63) is 24.0 Å².